The molecule has 1 heterocycles. The fourth-order valence-corrected chi connectivity index (χ4v) is 5.55. The predicted molar refractivity (Wildman–Crippen MR) is 115 cm³/mol. The van der Waals surface area contributed by atoms with E-state index >= 15 is 0 Å². The molecule has 1 fully saturated rings. The minimum Gasteiger partial charge on any atom is -0.317 e. The largest absolute Gasteiger partial charge is 0.317 e. The summed E-state index contributed by atoms with van der Waals surface area (Å²) in [6.07, 6.45) is 6.43. The third-order valence-electron chi connectivity index (χ3n) is 6.56. The highest BCUT2D eigenvalue weighted by Gasteiger charge is 2.44. The van der Waals surface area contributed by atoms with Crippen molar-refractivity contribution in [1.82, 2.24) is 9.55 Å². The van der Waals surface area contributed by atoms with Gasteiger partial charge >= 0.3 is 0 Å². The van der Waals surface area contributed by atoms with E-state index in [1.54, 1.807) is 0 Å². The third kappa shape index (κ3) is 2.78. The van der Waals surface area contributed by atoms with Crippen LogP contribution in [0.3, 0.4) is 0 Å². The van der Waals surface area contributed by atoms with E-state index in [1.165, 1.54) is 29.5 Å². The Morgan fingerprint density at radius 2 is 1.71 bits per heavy atom. The lowest BCUT2D eigenvalue weighted by Gasteiger charge is -2.37. The van der Waals surface area contributed by atoms with Gasteiger partial charge in [0, 0.05) is 23.1 Å². The van der Waals surface area contributed by atoms with Crippen LogP contribution in [-0.2, 0) is 24.8 Å². The lowest BCUT2D eigenvalue weighted by molar-refractivity contribution is 0.421. The molecule has 0 amide bonds. The smallest absolute Gasteiger partial charge is 0.256 e. The number of aromatic amines is 1. The van der Waals surface area contributed by atoms with Crippen molar-refractivity contribution < 1.29 is 0 Å². The van der Waals surface area contributed by atoms with Crippen molar-refractivity contribution in [3.63, 3.8) is 0 Å². The average molecular weight is 389 g/mol. The summed E-state index contributed by atoms with van der Waals surface area (Å²) in [6.45, 7) is 0.770. The van der Waals surface area contributed by atoms with Crippen molar-refractivity contribution in [2.45, 2.75) is 50.5 Å². The van der Waals surface area contributed by atoms with Gasteiger partial charge in [0.25, 0.3) is 5.56 Å². The Kier molecular flexibility index (Phi) is 4.31. The zero-order valence-corrected chi connectivity index (χ0v) is 16.7. The highest BCUT2D eigenvalue weighted by atomic mass is 32.1. The molecule has 1 aromatic heterocycles. The summed E-state index contributed by atoms with van der Waals surface area (Å²) in [5.74, 6) is 0. The number of nitrogens with one attached hydrogen (secondary N) is 1. The van der Waals surface area contributed by atoms with Gasteiger partial charge in [-0.3, -0.25) is 9.78 Å². The maximum absolute atomic E-state index is 13.1. The topological polar surface area (TPSA) is 37.8 Å². The van der Waals surface area contributed by atoms with Crippen molar-refractivity contribution in [2.24, 2.45) is 0 Å². The summed E-state index contributed by atoms with van der Waals surface area (Å²) in [4.78, 5) is 16.2. The number of hydrogen-bond donors (Lipinski definition) is 1. The number of rotatable bonds is 3. The zero-order valence-electron chi connectivity index (χ0n) is 15.9. The summed E-state index contributed by atoms with van der Waals surface area (Å²) in [5.41, 5.74) is 5.84. The van der Waals surface area contributed by atoms with E-state index in [0.29, 0.717) is 4.77 Å². The monoisotopic (exact) mass is 388 g/mol. The van der Waals surface area contributed by atoms with Crippen molar-refractivity contribution >= 4 is 12.2 Å². The number of H-pyrrole nitrogens is 1. The van der Waals surface area contributed by atoms with Crippen LogP contribution in [0, 0.1) is 4.77 Å². The molecule has 142 valence electrons. The van der Waals surface area contributed by atoms with Gasteiger partial charge in [0.15, 0.2) is 4.77 Å². The van der Waals surface area contributed by atoms with Crippen LogP contribution < -0.4 is 5.56 Å². The van der Waals surface area contributed by atoms with E-state index in [9.17, 15) is 4.79 Å². The Balaban J connectivity index is 1.72. The molecule has 1 saturated carbocycles. The zero-order chi connectivity index (χ0) is 19.1. The predicted octanol–water partition coefficient (Wildman–Crippen LogP) is 5.18. The normalized spacial score (nSPS) is 16.7. The first-order chi connectivity index (χ1) is 13.7. The summed E-state index contributed by atoms with van der Waals surface area (Å²) in [7, 11) is 0. The Morgan fingerprint density at radius 1 is 1.00 bits per heavy atom. The fraction of sp³-hybridized carbons (Fsp3) is 0.333. The van der Waals surface area contributed by atoms with E-state index in [0.717, 1.165) is 43.5 Å². The molecule has 3 nitrogen and oxygen atoms in total. The molecule has 2 aliphatic rings. The molecule has 0 radical (unpaired) electrons. The summed E-state index contributed by atoms with van der Waals surface area (Å²) >= 11 is 5.64. The van der Waals surface area contributed by atoms with Gasteiger partial charge in [-0.15, -0.1) is 0 Å². The lowest BCUT2D eigenvalue weighted by Crippen LogP contribution is -2.38. The lowest BCUT2D eigenvalue weighted by atomic mass is 9.68. The molecule has 3 aromatic rings. The van der Waals surface area contributed by atoms with Crippen LogP contribution in [0.25, 0.3) is 11.3 Å². The molecule has 0 bridgehead atoms. The van der Waals surface area contributed by atoms with E-state index in [2.05, 4.69) is 58.1 Å². The first kappa shape index (κ1) is 17.6. The van der Waals surface area contributed by atoms with Gasteiger partial charge in [-0.2, -0.15) is 0 Å². The maximum atomic E-state index is 13.1. The van der Waals surface area contributed by atoms with Crippen LogP contribution in [0.15, 0.2) is 59.4 Å². The molecule has 1 N–H and O–H groups in total. The number of hydrogen-bond acceptors (Lipinski definition) is 2. The number of aryl methyl sites for hydroxylation is 1. The van der Waals surface area contributed by atoms with E-state index < -0.39 is 0 Å². The fourth-order valence-electron chi connectivity index (χ4n) is 5.28. The minimum atomic E-state index is -0.0329. The molecule has 5 rings (SSSR count). The highest BCUT2D eigenvalue weighted by Crippen LogP contribution is 2.50. The molecule has 2 aliphatic carbocycles. The van der Waals surface area contributed by atoms with Gasteiger partial charge in [0.05, 0.1) is 5.69 Å². The number of nitrogens with zero attached hydrogens (tertiary/aromatic N) is 1. The molecule has 1 spiro atoms. The SMILES string of the molecule is O=c1[nH]c(=S)n(CCc2ccccc2)c2c1C1(CCCC1)Cc1ccccc1-2. The molecule has 4 heteroatoms. The van der Waals surface area contributed by atoms with E-state index in [-0.39, 0.29) is 11.0 Å². The van der Waals surface area contributed by atoms with Gasteiger partial charge in [-0.25, -0.2) is 0 Å². The van der Waals surface area contributed by atoms with Crippen LogP contribution >= 0.6 is 12.2 Å². The first-order valence-electron chi connectivity index (χ1n) is 10.2. The molecule has 2 aromatic carbocycles. The Bertz CT molecular complexity index is 1140. The van der Waals surface area contributed by atoms with Gasteiger partial charge in [-0.1, -0.05) is 67.4 Å². The minimum absolute atomic E-state index is 0.0207. The second-order valence-corrected chi connectivity index (χ2v) is 8.58. The Labute approximate surface area is 170 Å². The van der Waals surface area contributed by atoms with E-state index in [1.807, 2.05) is 6.07 Å². The second-order valence-electron chi connectivity index (χ2n) is 8.19. The van der Waals surface area contributed by atoms with Crippen molar-refractivity contribution in [3.05, 3.63) is 86.4 Å². The molecular weight excluding hydrogens is 364 g/mol. The number of benzene rings is 2. The quantitative estimate of drug-likeness (QED) is 0.628. The molecule has 0 aliphatic heterocycles. The maximum Gasteiger partial charge on any atom is 0.256 e. The van der Waals surface area contributed by atoms with Crippen molar-refractivity contribution in [1.29, 1.82) is 0 Å². The molecule has 0 atom stereocenters. The van der Waals surface area contributed by atoms with Crippen molar-refractivity contribution in [2.75, 3.05) is 0 Å². The average Bonchev–Trinajstić information content (AvgIpc) is 3.16. The summed E-state index contributed by atoms with van der Waals surface area (Å²) in [5, 5.41) is 0. The van der Waals surface area contributed by atoms with Gasteiger partial charge < -0.3 is 4.57 Å². The third-order valence-corrected chi connectivity index (χ3v) is 6.88. The first-order valence-corrected chi connectivity index (χ1v) is 10.6. The van der Waals surface area contributed by atoms with Crippen molar-refractivity contribution in [3.8, 4) is 11.3 Å². The van der Waals surface area contributed by atoms with Crippen LogP contribution in [0.4, 0.5) is 0 Å². The standard InChI is InChI=1S/C24H24N2OS/c27-22-20-21(26(23(28)25-22)15-12-17-8-2-1-3-9-17)19-11-5-4-10-18(19)16-24(20)13-6-7-14-24/h1-5,8-11H,6-7,12-16H2,(H,25,27,28). The number of aromatic nitrogens is 2. The van der Waals surface area contributed by atoms with Crippen LogP contribution in [-0.4, -0.2) is 9.55 Å². The van der Waals surface area contributed by atoms with Crippen LogP contribution in [0.5, 0.6) is 0 Å². The van der Waals surface area contributed by atoms with Gasteiger partial charge in [0.2, 0.25) is 0 Å². The van der Waals surface area contributed by atoms with E-state index in [4.69, 9.17) is 12.2 Å². The Hall–Kier alpha value is -2.46. The molecule has 28 heavy (non-hydrogen) atoms. The number of fused-ring (bicyclic) bond motifs is 4. The highest BCUT2D eigenvalue weighted by molar-refractivity contribution is 7.71. The summed E-state index contributed by atoms with van der Waals surface area (Å²) in [6, 6.07) is 19.0. The Morgan fingerprint density at radius 3 is 2.50 bits per heavy atom. The molecule has 0 saturated heterocycles. The molecular formula is C24H24N2OS. The molecule has 0 unspecified atom stereocenters. The van der Waals surface area contributed by atoms with Gasteiger partial charge in [0.1, 0.15) is 0 Å². The van der Waals surface area contributed by atoms with Gasteiger partial charge in [-0.05, 0) is 49.0 Å². The van der Waals surface area contributed by atoms with Crippen LogP contribution in [0.1, 0.15) is 42.4 Å². The summed E-state index contributed by atoms with van der Waals surface area (Å²) < 4.78 is 2.71. The second kappa shape index (κ2) is 6.85. The van der Waals surface area contributed by atoms with Crippen LogP contribution in [0.2, 0.25) is 0 Å².